The molecule has 2 aliphatic rings. The third-order valence-corrected chi connectivity index (χ3v) is 4.52. The van der Waals surface area contributed by atoms with E-state index in [-0.39, 0.29) is 11.5 Å². The minimum absolute atomic E-state index is 0.0546. The Morgan fingerprint density at radius 3 is 2.85 bits per heavy atom. The standard InChI is InChI=1S/C16H21NO3/c1-19-15-4-2-3-14(9-15)17-7-5-16(6-8-17)10-13(11-18)12-20-16/h2-4,9,11,13H,5-8,10,12H2,1H3. The van der Waals surface area contributed by atoms with Crippen LogP contribution in [0.2, 0.25) is 0 Å². The maximum absolute atomic E-state index is 10.9. The molecule has 4 heteroatoms. The number of nitrogens with zero attached hydrogens (tertiary/aromatic N) is 1. The van der Waals surface area contributed by atoms with E-state index < -0.39 is 0 Å². The van der Waals surface area contributed by atoms with Gasteiger partial charge in [-0.25, -0.2) is 0 Å². The zero-order valence-electron chi connectivity index (χ0n) is 11.9. The van der Waals surface area contributed by atoms with Crippen LogP contribution in [0.5, 0.6) is 5.75 Å². The van der Waals surface area contributed by atoms with E-state index in [4.69, 9.17) is 9.47 Å². The number of methoxy groups -OCH3 is 1. The lowest BCUT2D eigenvalue weighted by Crippen LogP contribution is -2.44. The number of piperidine rings is 1. The van der Waals surface area contributed by atoms with Crippen molar-refractivity contribution in [2.45, 2.75) is 24.9 Å². The molecule has 0 amide bonds. The Morgan fingerprint density at radius 2 is 2.20 bits per heavy atom. The van der Waals surface area contributed by atoms with Crippen LogP contribution in [0, 0.1) is 5.92 Å². The fourth-order valence-electron chi connectivity index (χ4n) is 3.29. The predicted octanol–water partition coefficient (Wildman–Crippen LogP) is 2.27. The van der Waals surface area contributed by atoms with Crippen molar-refractivity contribution in [3.05, 3.63) is 24.3 Å². The number of anilines is 1. The maximum atomic E-state index is 10.9. The van der Waals surface area contributed by atoms with Gasteiger partial charge in [-0.15, -0.1) is 0 Å². The van der Waals surface area contributed by atoms with Gasteiger partial charge in [0.25, 0.3) is 0 Å². The van der Waals surface area contributed by atoms with Crippen LogP contribution < -0.4 is 9.64 Å². The SMILES string of the molecule is COc1cccc(N2CCC3(CC2)CC(C=O)CO3)c1. The van der Waals surface area contributed by atoms with Gasteiger partial charge in [0.05, 0.1) is 19.3 Å². The predicted molar refractivity (Wildman–Crippen MR) is 77.3 cm³/mol. The molecule has 1 aromatic rings. The topological polar surface area (TPSA) is 38.8 Å². The van der Waals surface area contributed by atoms with Gasteiger partial charge in [0.2, 0.25) is 0 Å². The van der Waals surface area contributed by atoms with Gasteiger partial charge in [-0.1, -0.05) is 6.07 Å². The summed E-state index contributed by atoms with van der Waals surface area (Å²) in [6.45, 7) is 2.54. The van der Waals surface area contributed by atoms with E-state index >= 15 is 0 Å². The summed E-state index contributed by atoms with van der Waals surface area (Å²) in [7, 11) is 1.69. The molecule has 108 valence electrons. The molecule has 0 N–H and O–H groups in total. The van der Waals surface area contributed by atoms with Gasteiger partial charge < -0.3 is 19.2 Å². The molecule has 0 aliphatic carbocycles. The van der Waals surface area contributed by atoms with Crippen molar-refractivity contribution in [2.75, 3.05) is 31.7 Å². The van der Waals surface area contributed by atoms with E-state index in [1.807, 2.05) is 12.1 Å². The quantitative estimate of drug-likeness (QED) is 0.793. The van der Waals surface area contributed by atoms with Crippen molar-refractivity contribution in [3.8, 4) is 5.75 Å². The molecule has 3 rings (SSSR count). The molecule has 1 unspecified atom stereocenters. The fourth-order valence-corrected chi connectivity index (χ4v) is 3.29. The van der Waals surface area contributed by atoms with Gasteiger partial charge in [-0.3, -0.25) is 0 Å². The highest BCUT2D eigenvalue weighted by Gasteiger charge is 2.42. The normalized spacial score (nSPS) is 24.9. The van der Waals surface area contributed by atoms with Crippen molar-refractivity contribution >= 4 is 12.0 Å². The Bertz CT molecular complexity index is 480. The molecule has 2 saturated heterocycles. The average molecular weight is 275 g/mol. The van der Waals surface area contributed by atoms with E-state index in [9.17, 15) is 4.79 Å². The minimum Gasteiger partial charge on any atom is -0.497 e. The molecule has 1 atom stereocenters. The number of hydrogen-bond acceptors (Lipinski definition) is 4. The smallest absolute Gasteiger partial charge is 0.125 e. The van der Waals surface area contributed by atoms with Crippen molar-refractivity contribution in [2.24, 2.45) is 5.92 Å². The first-order valence-corrected chi connectivity index (χ1v) is 7.23. The molecule has 2 fully saturated rings. The Kier molecular flexibility index (Phi) is 3.66. The van der Waals surface area contributed by atoms with E-state index in [1.165, 1.54) is 5.69 Å². The Hall–Kier alpha value is -1.55. The van der Waals surface area contributed by atoms with E-state index in [1.54, 1.807) is 7.11 Å². The first kappa shape index (κ1) is 13.4. The third-order valence-electron chi connectivity index (χ3n) is 4.52. The Labute approximate surface area is 119 Å². The van der Waals surface area contributed by atoms with Crippen molar-refractivity contribution in [1.29, 1.82) is 0 Å². The molecule has 0 aromatic heterocycles. The molecule has 20 heavy (non-hydrogen) atoms. The van der Waals surface area contributed by atoms with E-state index in [0.29, 0.717) is 6.61 Å². The first-order valence-electron chi connectivity index (χ1n) is 7.23. The van der Waals surface area contributed by atoms with Crippen LogP contribution in [0.3, 0.4) is 0 Å². The summed E-state index contributed by atoms with van der Waals surface area (Å²) in [5.41, 5.74) is 1.14. The second kappa shape index (κ2) is 5.44. The molecule has 2 aliphatic heterocycles. The summed E-state index contributed by atoms with van der Waals surface area (Å²) in [5, 5.41) is 0. The van der Waals surface area contributed by atoms with Gasteiger partial charge >= 0.3 is 0 Å². The van der Waals surface area contributed by atoms with Crippen LogP contribution in [0.15, 0.2) is 24.3 Å². The molecular weight excluding hydrogens is 254 g/mol. The molecule has 0 bridgehead atoms. The number of aldehydes is 1. The molecule has 4 nitrogen and oxygen atoms in total. The van der Waals surface area contributed by atoms with Crippen LogP contribution in [0.1, 0.15) is 19.3 Å². The number of carbonyl (C=O) groups is 1. The highest BCUT2D eigenvalue weighted by Crippen LogP contribution is 2.39. The summed E-state index contributed by atoms with van der Waals surface area (Å²) in [6, 6.07) is 8.17. The molecule has 0 saturated carbocycles. The van der Waals surface area contributed by atoms with Crippen molar-refractivity contribution in [3.63, 3.8) is 0 Å². The highest BCUT2D eigenvalue weighted by atomic mass is 16.5. The summed E-state index contributed by atoms with van der Waals surface area (Å²) >= 11 is 0. The number of rotatable bonds is 3. The lowest BCUT2D eigenvalue weighted by atomic mass is 9.85. The molecular formula is C16H21NO3. The number of benzene rings is 1. The maximum Gasteiger partial charge on any atom is 0.125 e. The van der Waals surface area contributed by atoms with Crippen LogP contribution in [-0.4, -0.2) is 38.7 Å². The fraction of sp³-hybridized carbons (Fsp3) is 0.562. The van der Waals surface area contributed by atoms with E-state index in [2.05, 4.69) is 17.0 Å². The molecule has 2 heterocycles. The second-order valence-electron chi connectivity index (χ2n) is 5.78. The monoisotopic (exact) mass is 275 g/mol. The average Bonchev–Trinajstić information content (AvgIpc) is 2.91. The lowest BCUT2D eigenvalue weighted by Gasteiger charge is -2.39. The first-order chi connectivity index (χ1) is 9.74. The summed E-state index contributed by atoms with van der Waals surface area (Å²) in [6.07, 6.45) is 3.93. The van der Waals surface area contributed by atoms with Gasteiger partial charge in [-0.05, 0) is 31.4 Å². The molecule has 1 spiro atoms. The van der Waals surface area contributed by atoms with Crippen LogP contribution in [-0.2, 0) is 9.53 Å². The number of carbonyl (C=O) groups excluding carboxylic acids is 1. The summed E-state index contributed by atoms with van der Waals surface area (Å²) in [4.78, 5) is 13.3. The van der Waals surface area contributed by atoms with Gasteiger partial charge in [-0.2, -0.15) is 0 Å². The van der Waals surface area contributed by atoms with Crippen molar-refractivity contribution < 1.29 is 14.3 Å². The summed E-state index contributed by atoms with van der Waals surface area (Å²) < 4.78 is 11.2. The Morgan fingerprint density at radius 1 is 1.40 bits per heavy atom. The zero-order valence-corrected chi connectivity index (χ0v) is 11.9. The molecule has 1 aromatic carbocycles. The van der Waals surface area contributed by atoms with Gasteiger partial charge in [0.1, 0.15) is 12.0 Å². The zero-order chi connectivity index (χ0) is 14.0. The third kappa shape index (κ3) is 2.52. The van der Waals surface area contributed by atoms with Crippen molar-refractivity contribution in [1.82, 2.24) is 0 Å². The number of hydrogen-bond donors (Lipinski definition) is 0. The number of ether oxygens (including phenoxy) is 2. The lowest BCUT2D eigenvalue weighted by molar-refractivity contribution is -0.111. The molecule has 0 radical (unpaired) electrons. The van der Waals surface area contributed by atoms with E-state index in [0.717, 1.165) is 44.4 Å². The van der Waals surface area contributed by atoms with Crippen LogP contribution in [0.4, 0.5) is 5.69 Å². The minimum atomic E-state index is -0.0546. The summed E-state index contributed by atoms with van der Waals surface area (Å²) in [5.74, 6) is 0.985. The largest absolute Gasteiger partial charge is 0.497 e. The van der Waals surface area contributed by atoms with Gasteiger partial charge in [0, 0.05) is 30.8 Å². The Balaban J connectivity index is 1.65. The van der Waals surface area contributed by atoms with Crippen LogP contribution in [0.25, 0.3) is 0 Å². The second-order valence-corrected chi connectivity index (χ2v) is 5.78. The van der Waals surface area contributed by atoms with Gasteiger partial charge in [0.15, 0.2) is 0 Å². The highest BCUT2D eigenvalue weighted by molar-refractivity contribution is 5.55. The van der Waals surface area contributed by atoms with Crippen LogP contribution >= 0.6 is 0 Å².